The van der Waals surface area contributed by atoms with E-state index in [4.69, 9.17) is 5.11 Å². The molecule has 0 amide bonds. The summed E-state index contributed by atoms with van der Waals surface area (Å²) in [6.07, 6.45) is 3.92. The second-order valence-corrected chi connectivity index (χ2v) is 5.87. The highest BCUT2D eigenvalue weighted by Gasteiger charge is 2.49. The van der Waals surface area contributed by atoms with Gasteiger partial charge in [-0.2, -0.15) is 0 Å². The lowest BCUT2D eigenvalue weighted by atomic mass is 9.55. The maximum absolute atomic E-state index is 12.4. The highest BCUT2D eigenvalue weighted by Crippen LogP contribution is 2.52. The molecule has 2 aliphatic rings. The Morgan fingerprint density at radius 2 is 2.17 bits per heavy atom. The Morgan fingerprint density at radius 1 is 1.50 bits per heavy atom. The number of hydrogen-bond donors (Lipinski definition) is 1. The minimum absolute atomic E-state index is 0.133. The van der Waals surface area contributed by atoms with Crippen LogP contribution >= 0.6 is 0 Å². The van der Waals surface area contributed by atoms with Crippen molar-refractivity contribution in [3.8, 4) is 0 Å². The number of aliphatic carboxylic acids is 1. The van der Waals surface area contributed by atoms with E-state index in [0.717, 1.165) is 24.8 Å². The number of carboxylic acids is 1. The lowest BCUT2D eigenvalue weighted by Crippen LogP contribution is -2.45. The summed E-state index contributed by atoms with van der Waals surface area (Å²) >= 11 is 0. The fraction of sp³-hybridized carbons (Fsp3) is 0.600. The normalized spacial score (nSPS) is 36.1. The summed E-state index contributed by atoms with van der Waals surface area (Å²) in [6.45, 7) is 9.72. The van der Waals surface area contributed by atoms with Gasteiger partial charge in [-0.15, -0.1) is 0 Å². The summed E-state index contributed by atoms with van der Waals surface area (Å²) in [5, 5.41) is 9.01. The summed E-state index contributed by atoms with van der Waals surface area (Å²) in [5.74, 6) is -0.888. The van der Waals surface area contributed by atoms with Crippen LogP contribution in [0, 0.1) is 17.3 Å². The van der Waals surface area contributed by atoms with Crippen LogP contribution in [0.1, 0.15) is 39.0 Å². The average Bonchev–Trinajstić information content (AvgIpc) is 2.30. The number of ketones is 1. The van der Waals surface area contributed by atoms with E-state index in [1.54, 1.807) is 0 Å². The Bertz CT molecular complexity index is 435. The highest BCUT2D eigenvalue weighted by atomic mass is 16.4. The van der Waals surface area contributed by atoms with Gasteiger partial charge in [0.2, 0.25) is 0 Å². The first-order chi connectivity index (χ1) is 8.36. The number of carbonyl (C=O) groups is 2. The van der Waals surface area contributed by atoms with Gasteiger partial charge >= 0.3 is 5.97 Å². The van der Waals surface area contributed by atoms with E-state index in [2.05, 4.69) is 13.2 Å². The summed E-state index contributed by atoms with van der Waals surface area (Å²) in [5.41, 5.74) is 0.966. The third kappa shape index (κ3) is 1.92. The van der Waals surface area contributed by atoms with Gasteiger partial charge in [-0.1, -0.05) is 25.7 Å². The first-order valence-corrected chi connectivity index (χ1v) is 6.49. The number of hydrogen-bond acceptors (Lipinski definition) is 2. The molecule has 3 heteroatoms. The SMILES string of the molecule is C=C(C(=O)O)[C@@H]1CC(=O)[C@@]2(C)CCCC(=C)[C@@H]2C1. The van der Waals surface area contributed by atoms with E-state index in [1.165, 1.54) is 0 Å². The zero-order valence-electron chi connectivity index (χ0n) is 10.9. The number of Topliss-reactive ketones (excluding diaryl/α,β-unsaturated/α-hetero) is 1. The fourth-order valence-electron chi connectivity index (χ4n) is 3.51. The van der Waals surface area contributed by atoms with Crippen molar-refractivity contribution in [2.75, 3.05) is 0 Å². The summed E-state index contributed by atoms with van der Waals surface area (Å²) < 4.78 is 0. The Morgan fingerprint density at radius 3 is 2.78 bits per heavy atom. The van der Waals surface area contributed by atoms with Gasteiger partial charge in [0, 0.05) is 17.4 Å². The van der Waals surface area contributed by atoms with E-state index in [9.17, 15) is 9.59 Å². The molecule has 0 spiro atoms. The topological polar surface area (TPSA) is 54.4 Å². The molecule has 0 aliphatic heterocycles. The summed E-state index contributed by atoms with van der Waals surface area (Å²) in [7, 11) is 0. The predicted octanol–water partition coefficient (Wildman–Crippen LogP) is 2.97. The van der Waals surface area contributed by atoms with Crippen LogP contribution in [0.2, 0.25) is 0 Å². The van der Waals surface area contributed by atoms with Gasteiger partial charge in [0.05, 0.1) is 0 Å². The van der Waals surface area contributed by atoms with Crippen molar-refractivity contribution >= 4 is 11.8 Å². The molecular formula is C15H20O3. The van der Waals surface area contributed by atoms with Gasteiger partial charge in [-0.25, -0.2) is 4.79 Å². The number of rotatable bonds is 2. The van der Waals surface area contributed by atoms with Gasteiger partial charge in [0.25, 0.3) is 0 Å². The van der Waals surface area contributed by atoms with Gasteiger partial charge in [0.1, 0.15) is 5.78 Å². The molecule has 3 atom stereocenters. The molecule has 0 unspecified atom stereocenters. The molecule has 2 aliphatic carbocycles. The smallest absolute Gasteiger partial charge is 0.331 e. The molecule has 0 heterocycles. The molecule has 0 aromatic heterocycles. The van der Waals surface area contributed by atoms with E-state index in [0.29, 0.717) is 12.8 Å². The number of carboxylic acid groups (broad SMARTS) is 1. The van der Waals surface area contributed by atoms with Crippen molar-refractivity contribution in [3.63, 3.8) is 0 Å². The largest absolute Gasteiger partial charge is 0.478 e. The van der Waals surface area contributed by atoms with Crippen LogP contribution in [0.3, 0.4) is 0 Å². The van der Waals surface area contributed by atoms with Gasteiger partial charge in [-0.05, 0) is 37.5 Å². The molecule has 0 radical (unpaired) electrons. The van der Waals surface area contributed by atoms with Crippen LogP contribution < -0.4 is 0 Å². The Kier molecular flexibility index (Phi) is 3.18. The average molecular weight is 248 g/mol. The Labute approximate surface area is 108 Å². The third-order valence-corrected chi connectivity index (χ3v) is 4.81. The molecule has 2 fully saturated rings. The van der Waals surface area contributed by atoms with Gasteiger partial charge in [0.15, 0.2) is 0 Å². The molecule has 18 heavy (non-hydrogen) atoms. The van der Waals surface area contributed by atoms with Crippen molar-refractivity contribution in [2.45, 2.75) is 39.0 Å². The van der Waals surface area contributed by atoms with E-state index < -0.39 is 5.97 Å². The van der Waals surface area contributed by atoms with Gasteiger partial charge < -0.3 is 5.11 Å². The van der Waals surface area contributed by atoms with Crippen molar-refractivity contribution in [1.29, 1.82) is 0 Å². The monoisotopic (exact) mass is 248 g/mol. The molecule has 98 valence electrons. The van der Waals surface area contributed by atoms with Gasteiger partial charge in [-0.3, -0.25) is 4.79 Å². The zero-order valence-corrected chi connectivity index (χ0v) is 10.9. The van der Waals surface area contributed by atoms with Crippen LogP contribution in [0.4, 0.5) is 0 Å². The van der Waals surface area contributed by atoms with E-state index in [1.807, 2.05) is 6.92 Å². The standard InChI is InChI=1S/C15H20O3/c1-9-5-4-6-15(3)12(9)7-11(8-13(15)16)10(2)14(17)18/h11-12H,1-2,4-8H2,3H3,(H,17,18)/t11-,12-,15-/m0/s1. The molecule has 0 bridgehead atoms. The van der Waals surface area contributed by atoms with Crippen LogP contribution in [-0.2, 0) is 9.59 Å². The second-order valence-electron chi connectivity index (χ2n) is 5.87. The maximum atomic E-state index is 12.4. The Balaban J connectivity index is 2.26. The molecule has 2 rings (SSSR count). The lowest BCUT2D eigenvalue weighted by molar-refractivity contribution is -0.137. The minimum Gasteiger partial charge on any atom is -0.478 e. The molecule has 3 nitrogen and oxygen atoms in total. The first-order valence-electron chi connectivity index (χ1n) is 6.49. The third-order valence-electron chi connectivity index (χ3n) is 4.81. The molecule has 0 saturated heterocycles. The van der Waals surface area contributed by atoms with Crippen molar-refractivity contribution in [1.82, 2.24) is 0 Å². The lowest BCUT2D eigenvalue weighted by Gasteiger charge is -2.47. The number of allylic oxidation sites excluding steroid dienone is 1. The first kappa shape index (κ1) is 13.1. The van der Waals surface area contributed by atoms with Crippen LogP contribution in [0.5, 0.6) is 0 Å². The second kappa shape index (κ2) is 4.38. The van der Waals surface area contributed by atoms with Crippen molar-refractivity contribution < 1.29 is 14.7 Å². The van der Waals surface area contributed by atoms with Crippen LogP contribution in [-0.4, -0.2) is 16.9 Å². The summed E-state index contributed by atoms with van der Waals surface area (Å²) in [6, 6.07) is 0. The molecular weight excluding hydrogens is 228 g/mol. The molecule has 0 aromatic carbocycles. The fourth-order valence-corrected chi connectivity index (χ4v) is 3.51. The quantitative estimate of drug-likeness (QED) is 0.603. The minimum atomic E-state index is -0.988. The maximum Gasteiger partial charge on any atom is 0.331 e. The number of carbonyl (C=O) groups excluding carboxylic acids is 1. The van der Waals surface area contributed by atoms with E-state index >= 15 is 0 Å². The molecule has 2 saturated carbocycles. The molecule has 1 N–H and O–H groups in total. The highest BCUT2D eigenvalue weighted by molar-refractivity contribution is 5.91. The van der Waals surface area contributed by atoms with E-state index in [-0.39, 0.29) is 28.6 Å². The van der Waals surface area contributed by atoms with Crippen LogP contribution in [0.25, 0.3) is 0 Å². The molecule has 0 aromatic rings. The summed E-state index contributed by atoms with van der Waals surface area (Å²) in [4.78, 5) is 23.4. The number of fused-ring (bicyclic) bond motifs is 1. The van der Waals surface area contributed by atoms with Crippen LogP contribution in [0.15, 0.2) is 24.3 Å². The van der Waals surface area contributed by atoms with Crippen molar-refractivity contribution in [2.24, 2.45) is 17.3 Å². The Hall–Kier alpha value is -1.38. The predicted molar refractivity (Wildman–Crippen MR) is 69.1 cm³/mol. The van der Waals surface area contributed by atoms with Crippen molar-refractivity contribution in [3.05, 3.63) is 24.3 Å². The zero-order chi connectivity index (χ0) is 13.5.